The average Bonchev–Trinajstić information content (AvgIpc) is 3.15. The summed E-state index contributed by atoms with van der Waals surface area (Å²) in [6.45, 7) is 19.0. The molecule has 0 aromatic heterocycles. The van der Waals surface area contributed by atoms with E-state index in [9.17, 15) is 14.3 Å². The maximum Gasteiger partial charge on any atom is 0.150 e. The molecule has 0 spiro atoms. The SMILES string of the molecule is C/C=C\C1=C(C)C=C2CCC(C)(O)C2(C)C1.C=C(C)CNC.CCc1ccccc1C=O.Cc1ccc(F)cc1. The second-order valence-electron chi connectivity index (χ2n) is 11.1. The molecule has 4 heteroatoms. The predicted octanol–water partition coefficient (Wildman–Crippen LogP) is 8.74. The van der Waals surface area contributed by atoms with Crippen LogP contribution in [0.1, 0.15) is 82.3 Å². The molecule has 0 aliphatic heterocycles. The Morgan fingerprint density at radius 1 is 1.12 bits per heavy atom. The van der Waals surface area contributed by atoms with Crippen molar-refractivity contribution in [2.75, 3.05) is 13.6 Å². The highest BCUT2D eigenvalue weighted by Crippen LogP contribution is 2.56. The third-order valence-corrected chi connectivity index (χ3v) is 7.64. The highest BCUT2D eigenvalue weighted by molar-refractivity contribution is 5.77. The zero-order valence-corrected chi connectivity index (χ0v) is 25.9. The molecule has 2 unspecified atom stereocenters. The third kappa shape index (κ3) is 10.5. The second kappa shape index (κ2) is 16.9. The summed E-state index contributed by atoms with van der Waals surface area (Å²) in [5, 5.41) is 13.5. The van der Waals surface area contributed by atoms with Crippen LogP contribution in [0.25, 0.3) is 0 Å². The van der Waals surface area contributed by atoms with Gasteiger partial charge in [-0.2, -0.15) is 0 Å². The molecule has 1 fully saturated rings. The van der Waals surface area contributed by atoms with E-state index >= 15 is 0 Å². The number of fused-ring (bicyclic) bond motifs is 1. The Hall–Kier alpha value is -3.08. The van der Waals surface area contributed by atoms with Gasteiger partial charge in [0.15, 0.2) is 0 Å². The van der Waals surface area contributed by atoms with Crippen molar-refractivity contribution in [2.45, 2.75) is 79.8 Å². The fourth-order valence-corrected chi connectivity index (χ4v) is 4.88. The topological polar surface area (TPSA) is 49.3 Å². The lowest BCUT2D eigenvalue weighted by Gasteiger charge is -2.41. The van der Waals surface area contributed by atoms with E-state index in [1.54, 1.807) is 12.1 Å². The number of allylic oxidation sites excluding steroid dienone is 5. The molecule has 0 saturated heterocycles. The number of aryl methyl sites for hydroxylation is 2. The number of halogens is 1. The molecule has 0 amide bonds. The molecule has 2 aromatic carbocycles. The van der Waals surface area contributed by atoms with Crippen LogP contribution in [0.15, 0.2) is 95.6 Å². The van der Waals surface area contributed by atoms with Crippen LogP contribution in [0.3, 0.4) is 0 Å². The number of carbonyl (C=O) groups is 1. The highest BCUT2D eigenvalue weighted by atomic mass is 19.1. The standard InChI is InChI=1S/C15H22O.C9H10O.C7H7F.C5H11N/c1-5-6-12-10-14(3)13(9-11(12)2)7-8-15(14,4)16;1-2-8-5-3-4-6-9(8)7-10;1-6-2-4-7(8)5-3-6;1-5(2)4-6-3/h5-6,9,16H,7-8,10H2,1-4H3;3-7H,2H2,1H3;2-5H,1H3;6H,1,4H2,2-3H3/b6-5-;;;. The Kier molecular flexibility index (Phi) is 14.8. The van der Waals surface area contributed by atoms with Crippen molar-refractivity contribution in [3.63, 3.8) is 0 Å². The first kappa shape index (κ1) is 34.9. The molecule has 2 aliphatic rings. The monoisotopic (exact) mass is 547 g/mol. The van der Waals surface area contributed by atoms with Gasteiger partial charge >= 0.3 is 0 Å². The molecule has 2 aliphatic carbocycles. The molecule has 3 nitrogen and oxygen atoms in total. The number of aliphatic hydroxyl groups is 1. The average molecular weight is 548 g/mol. The van der Waals surface area contributed by atoms with Crippen molar-refractivity contribution < 1.29 is 14.3 Å². The summed E-state index contributed by atoms with van der Waals surface area (Å²) in [5.74, 6) is -0.171. The predicted molar refractivity (Wildman–Crippen MR) is 169 cm³/mol. The molecule has 2 aromatic rings. The summed E-state index contributed by atoms with van der Waals surface area (Å²) in [4.78, 5) is 10.4. The number of hydrogen-bond donors (Lipinski definition) is 2. The molecule has 1 saturated carbocycles. The van der Waals surface area contributed by atoms with Crippen LogP contribution >= 0.6 is 0 Å². The Morgan fingerprint density at radius 3 is 2.20 bits per heavy atom. The normalized spacial score (nSPS) is 21.1. The minimum absolute atomic E-state index is 0.0542. The number of hydrogen-bond acceptors (Lipinski definition) is 3. The van der Waals surface area contributed by atoms with Crippen molar-refractivity contribution in [1.29, 1.82) is 0 Å². The molecule has 0 heterocycles. The first-order chi connectivity index (χ1) is 18.8. The van der Waals surface area contributed by atoms with E-state index in [-0.39, 0.29) is 11.2 Å². The molecular formula is C36H50FNO2. The number of likely N-dealkylation sites (N-methyl/N-ethyl adjacent to an activating group) is 1. The largest absolute Gasteiger partial charge is 0.389 e. The number of nitrogens with one attached hydrogen (secondary N) is 1. The molecule has 0 bridgehead atoms. The smallest absolute Gasteiger partial charge is 0.150 e. The van der Waals surface area contributed by atoms with E-state index in [4.69, 9.17) is 0 Å². The first-order valence-corrected chi connectivity index (χ1v) is 14.1. The third-order valence-electron chi connectivity index (χ3n) is 7.64. The van der Waals surface area contributed by atoms with Crippen LogP contribution in [0, 0.1) is 18.2 Å². The first-order valence-electron chi connectivity index (χ1n) is 14.1. The van der Waals surface area contributed by atoms with Crippen LogP contribution in [0.4, 0.5) is 4.39 Å². The van der Waals surface area contributed by atoms with Crippen molar-refractivity contribution in [1.82, 2.24) is 5.32 Å². The summed E-state index contributed by atoms with van der Waals surface area (Å²) in [5.41, 5.74) is 7.77. The summed E-state index contributed by atoms with van der Waals surface area (Å²) in [6, 6.07) is 14.0. The van der Waals surface area contributed by atoms with Crippen molar-refractivity contribution >= 4 is 6.29 Å². The van der Waals surface area contributed by atoms with Crippen LogP contribution in [-0.4, -0.2) is 30.6 Å². The van der Waals surface area contributed by atoms with Gasteiger partial charge in [0, 0.05) is 17.5 Å². The van der Waals surface area contributed by atoms with Gasteiger partial charge in [-0.1, -0.05) is 91.8 Å². The maximum atomic E-state index is 12.1. The lowest BCUT2D eigenvalue weighted by Crippen LogP contribution is -2.40. The van der Waals surface area contributed by atoms with Gasteiger partial charge in [-0.25, -0.2) is 4.39 Å². The van der Waals surface area contributed by atoms with Gasteiger partial charge in [0.25, 0.3) is 0 Å². The van der Waals surface area contributed by atoms with Crippen molar-refractivity contribution in [2.24, 2.45) is 5.41 Å². The van der Waals surface area contributed by atoms with Gasteiger partial charge < -0.3 is 10.4 Å². The minimum Gasteiger partial charge on any atom is -0.389 e. The van der Waals surface area contributed by atoms with Gasteiger partial charge in [-0.3, -0.25) is 4.79 Å². The molecule has 2 N–H and O–H groups in total. The van der Waals surface area contributed by atoms with Crippen LogP contribution in [-0.2, 0) is 6.42 Å². The number of aldehydes is 1. The summed E-state index contributed by atoms with van der Waals surface area (Å²) >= 11 is 0. The zero-order chi connectivity index (χ0) is 30.3. The molecule has 4 rings (SSSR count). The lowest BCUT2D eigenvalue weighted by atomic mass is 9.67. The maximum absolute atomic E-state index is 12.1. The van der Waals surface area contributed by atoms with Gasteiger partial charge in [0.2, 0.25) is 0 Å². The fourth-order valence-electron chi connectivity index (χ4n) is 4.88. The lowest BCUT2D eigenvalue weighted by molar-refractivity contribution is -0.0220. The quantitative estimate of drug-likeness (QED) is 0.291. The van der Waals surface area contributed by atoms with Crippen LogP contribution < -0.4 is 5.32 Å². The number of rotatable bonds is 5. The highest BCUT2D eigenvalue weighted by Gasteiger charge is 2.51. The van der Waals surface area contributed by atoms with Crippen LogP contribution in [0.2, 0.25) is 0 Å². The Balaban J connectivity index is 0.000000288. The molecule has 2 atom stereocenters. The van der Waals surface area contributed by atoms with Crippen LogP contribution in [0.5, 0.6) is 0 Å². The van der Waals surface area contributed by atoms with Gasteiger partial charge in [0.1, 0.15) is 12.1 Å². The van der Waals surface area contributed by atoms with Crippen molar-refractivity contribution in [3.8, 4) is 0 Å². The van der Waals surface area contributed by atoms with E-state index in [2.05, 4.69) is 50.9 Å². The molecule has 218 valence electrons. The fraction of sp³-hybridized carbons (Fsp3) is 0.417. The Bertz CT molecular complexity index is 1170. The van der Waals surface area contributed by atoms with E-state index < -0.39 is 5.60 Å². The van der Waals surface area contributed by atoms with E-state index in [0.29, 0.717) is 0 Å². The van der Waals surface area contributed by atoms with Gasteiger partial charge in [-0.05, 0) is 96.2 Å². The summed E-state index contributed by atoms with van der Waals surface area (Å²) in [7, 11) is 1.91. The van der Waals surface area contributed by atoms with Crippen molar-refractivity contribution in [3.05, 3.63) is 118 Å². The van der Waals surface area contributed by atoms with E-state index in [1.165, 1.54) is 34.4 Å². The minimum atomic E-state index is -0.549. The van der Waals surface area contributed by atoms with Gasteiger partial charge in [-0.15, -0.1) is 0 Å². The summed E-state index contributed by atoms with van der Waals surface area (Å²) in [6.07, 6.45) is 11.3. The Morgan fingerprint density at radius 2 is 1.75 bits per heavy atom. The Labute approximate surface area is 242 Å². The summed E-state index contributed by atoms with van der Waals surface area (Å²) < 4.78 is 12.1. The van der Waals surface area contributed by atoms with E-state index in [0.717, 1.165) is 55.2 Å². The zero-order valence-electron chi connectivity index (χ0n) is 25.9. The molecular weight excluding hydrogens is 497 g/mol. The molecule has 40 heavy (non-hydrogen) atoms. The van der Waals surface area contributed by atoms with E-state index in [1.807, 2.05) is 59.0 Å². The van der Waals surface area contributed by atoms with Gasteiger partial charge in [0.05, 0.1) is 5.60 Å². The number of carbonyl (C=O) groups excluding carboxylic acids is 1. The number of benzene rings is 2. The molecule has 0 radical (unpaired) electrons. The second-order valence-corrected chi connectivity index (χ2v) is 11.1.